The van der Waals surface area contributed by atoms with E-state index in [9.17, 15) is 9.90 Å². The van der Waals surface area contributed by atoms with Gasteiger partial charge in [-0.25, -0.2) is 4.99 Å². The molecule has 3 N–H and O–H groups in total. The SMILES string of the molecule is CCNC(=NCc1ccc(C(=O)N2CC(C)OC(C)C2)cc1)NCC(C)(O)c1ccco1.I. The van der Waals surface area contributed by atoms with Crippen LogP contribution >= 0.6 is 24.0 Å². The third-order valence-corrected chi connectivity index (χ3v) is 5.32. The Kier molecular flexibility index (Phi) is 10.2. The molecule has 8 nitrogen and oxygen atoms in total. The van der Waals surface area contributed by atoms with Gasteiger partial charge in [0.1, 0.15) is 11.4 Å². The first-order chi connectivity index (χ1) is 15.3. The number of nitrogens with zero attached hydrogens (tertiary/aromatic N) is 2. The number of furan rings is 1. The highest BCUT2D eigenvalue weighted by molar-refractivity contribution is 14.0. The Labute approximate surface area is 212 Å². The van der Waals surface area contributed by atoms with Crippen molar-refractivity contribution >= 4 is 35.8 Å². The van der Waals surface area contributed by atoms with Crippen molar-refractivity contribution in [1.82, 2.24) is 15.5 Å². The lowest BCUT2D eigenvalue weighted by molar-refractivity contribution is -0.0586. The Balaban J connectivity index is 0.00000385. The third-order valence-electron chi connectivity index (χ3n) is 5.32. The van der Waals surface area contributed by atoms with Gasteiger partial charge in [0, 0.05) is 25.2 Å². The maximum atomic E-state index is 12.8. The molecule has 3 atom stereocenters. The number of aliphatic hydroxyl groups is 1. The topological polar surface area (TPSA) is 99.3 Å². The van der Waals surface area contributed by atoms with Crippen LogP contribution in [-0.4, -0.2) is 60.3 Å². The van der Waals surface area contributed by atoms with Crippen LogP contribution < -0.4 is 10.6 Å². The van der Waals surface area contributed by atoms with Gasteiger partial charge < -0.3 is 29.8 Å². The maximum Gasteiger partial charge on any atom is 0.254 e. The number of morpholine rings is 1. The average Bonchev–Trinajstić information content (AvgIpc) is 3.31. The molecule has 3 rings (SSSR count). The summed E-state index contributed by atoms with van der Waals surface area (Å²) in [7, 11) is 0. The van der Waals surface area contributed by atoms with Crippen molar-refractivity contribution in [1.29, 1.82) is 0 Å². The zero-order chi connectivity index (χ0) is 23.1. The number of ether oxygens (including phenoxy) is 1. The van der Waals surface area contributed by atoms with Gasteiger partial charge in [0.2, 0.25) is 0 Å². The highest BCUT2D eigenvalue weighted by Gasteiger charge is 2.27. The van der Waals surface area contributed by atoms with Gasteiger partial charge in [-0.2, -0.15) is 0 Å². The summed E-state index contributed by atoms with van der Waals surface area (Å²) in [6.07, 6.45) is 1.63. The van der Waals surface area contributed by atoms with E-state index in [1.807, 2.05) is 49.9 Å². The number of hydrogen-bond acceptors (Lipinski definition) is 5. The molecule has 0 bridgehead atoms. The summed E-state index contributed by atoms with van der Waals surface area (Å²) < 4.78 is 11.0. The molecular formula is C24H35IN4O4. The zero-order valence-electron chi connectivity index (χ0n) is 19.7. The minimum absolute atomic E-state index is 0. The third kappa shape index (κ3) is 7.72. The van der Waals surface area contributed by atoms with Crippen molar-refractivity contribution in [2.24, 2.45) is 4.99 Å². The van der Waals surface area contributed by atoms with Crippen molar-refractivity contribution in [3.63, 3.8) is 0 Å². The number of benzene rings is 1. The molecule has 1 aliphatic rings. The number of guanidine groups is 1. The molecule has 0 spiro atoms. The lowest BCUT2D eigenvalue weighted by atomic mass is 10.0. The van der Waals surface area contributed by atoms with Crippen LogP contribution in [0.3, 0.4) is 0 Å². The number of hydrogen-bond donors (Lipinski definition) is 3. The molecule has 1 fully saturated rings. The van der Waals surface area contributed by atoms with Gasteiger partial charge in [-0.3, -0.25) is 4.79 Å². The average molecular weight is 570 g/mol. The number of halogens is 1. The monoisotopic (exact) mass is 570 g/mol. The first-order valence-corrected chi connectivity index (χ1v) is 11.1. The molecule has 182 valence electrons. The van der Waals surface area contributed by atoms with Crippen molar-refractivity contribution in [3.8, 4) is 0 Å². The van der Waals surface area contributed by atoms with Crippen LogP contribution in [-0.2, 0) is 16.9 Å². The van der Waals surface area contributed by atoms with E-state index in [-0.39, 0.29) is 48.6 Å². The van der Waals surface area contributed by atoms with E-state index >= 15 is 0 Å². The predicted molar refractivity (Wildman–Crippen MR) is 139 cm³/mol. The summed E-state index contributed by atoms with van der Waals surface area (Å²) >= 11 is 0. The van der Waals surface area contributed by atoms with Crippen molar-refractivity contribution in [2.45, 2.75) is 52.0 Å². The van der Waals surface area contributed by atoms with E-state index in [1.54, 1.807) is 19.1 Å². The van der Waals surface area contributed by atoms with Crippen LogP contribution in [0.1, 0.15) is 49.4 Å². The Morgan fingerprint density at radius 2 is 1.85 bits per heavy atom. The van der Waals surface area contributed by atoms with E-state index in [1.165, 1.54) is 6.26 Å². The summed E-state index contributed by atoms with van der Waals surface area (Å²) in [5.74, 6) is 1.11. The first kappa shape index (κ1) is 27.1. The largest absolute Gasteiger partial charge is 0.466 e. The molecule has 1 aromatic heterocycles. The van der Waals surface area contributed by atoms with Gasteiger partial charge >= 0.3 is 0 Å². The molecule has 2 aromatic rings. The lowest BCUT2D eigenvalue weighted by Gasteiger charge is -2.35. The van der Waals surface area contributed by atoms with Gasteiger partial charge in [-0.15, -0.1) is 24.0 Å². The molecule has 3 unspecified atom stereocenters. The summed E-state index contributed by atoms with van der Waals surface area (Å²) in [6.45, 7) is 10.2. The van der Waals surface area contributed by atoms with Crippen LogP contribution in [0.2, 0.25) is 0 Å². The smallest absolute Gasteiger partial charge is 0.254 e. The molecule has 1 saturated heterocycles. The summed E-state index contributed by atoms with van der Waals surface area (Å²) in [5, 5.41) is 16.9. The molecule has 0 aliphatic carbocycles. The Morgan fingerprint density at radius 1 is 1.18 bits per heavy atom. The number of rotatable bonds is 7. The molecule has 1 aromatic carbocycles. The Hall–Kier alpha value is -2.11. The van der Waals surface area contributed by atoms with E-state index in [0.717, 1.165) is 5.56 Å². The van der Waals surface area contributed by atoms with E-state index < -0.39 is 5.60 Å². The minimum atomic E-state index is -1.16. The molecule has 1 aliphatic heterocycles. The van der Waals surface area contributed by atoms with Crippen LogP contribution in [0.5, 0.6) is 0 Å². The van der Waals surface area contributed by atoms with Crippen molar-refractivity contribution < 1.29 is 19.1 Å². The van der Waals surface area contributed by atoms with Gasteiger partial charge in [-0.05, 0) is 57.5 Å². The molecule has 9 heteroatoms. The molecular weight excluding hydrogens is 535 g/mol. The van der Waals surface area contributed by atoms with E-state index in [4.69, 9.17) is 9.15 Å². The van der Waals surface area contributed by atoms with E-state index in [2.05, 4.69) is 15.6 Å². The Morgan fingerprint density at radius 3 is 2.42 bits per heavy atom. The summed E-state index contributed by atoms with van der Waals surface area (Å²) in [5.41, 5.74) is 0.495. The Bertz CT molecular complexity index is 890. The summed E-state index contributed by atoms with van der Waals surface area (Å²) in [6, 6.07) is 11.0. The number of nitrogens with one attached hydrogen (secondary N) is 2. The normalized spacial score (nSPS) is 20.5. The fraction of sp³-hybridized carbons (Fsp3) is 0.500. The highest BCUT2D eigenvalue weighted by atomic mass is 127. The fourth-order valence-corrected chi connectivity index (χ4v) is 3.72. The van der Waals surface area contributed by atoms with Crippen LogP contribution in [0, 0.1) is 0 Å². The molecule has 2 heterocycles. The van der Waals surface area contributed by atoms with Crippen LogP contribution in [0.15, 0.2) is 52.1 Å². The highest BCUT2D eigenvalue weighted by Crippen LogP contribution is 2.20. The quantitative estimate of drug-likeness (QED) is 0.269. The number of carbonyl (C=O) groups is 1. The molecule has 33 heavy (non-hydrogen) atoms. The minimum Gasteiger partial charge on any atom is -0.466 e. The second-order valence-corrected chi connectivity index (χ2v) is 8.46. The second kappa shape index (κ2) is 12.4. The van der Waals surface area contributed by atoms with Crippen molar-refractivity contribution in [2.75, 3.05) is 26.2 Å². The zero-order valence-corrected chi connectivity index (χ0v) is 22.0. The molecule has 0 radical (unpaired) electrons. The lowest BCUT2D eigenvalue weighted by Crippen LogP contribution is -2.48. The molecule has 1 amide bonds. The van der Waals surface area contributed by atoms with Gasteiger partial charge in [0.05, 0.1) is 31.6 Å². The fourth-order valence-electron chi connectivity index (χ4n) is 3.72. The van der Waals surface area contributed by atoms with Gasteiger partial charge in [0.25, 0.3) is 5.91 Å². The van der Waals surface area contributed by atoms with Gasteiger partial charge in [-0.1, -0.05) is 12.1 Å². The first-order valence-electron chi connectivity index (χ1n) is 11.1. The maximum absolute atomic E-state index is 12.8. The number of carbonyl (C=O) groups excluding carboxylic acids is 1. The molecule has 0 saturated carbocycles. The van der Waals surface area contributed by atoms with Gasteiger partial charge in [0.15, 0.2) is 5.96 Å². The summed E-state index contributed by atoms with van der Waals surface area (Å²) in [4.78, 5) is 19.3. The van der Waals surface area contributed by atoms with Crippen LogP contribution in [0.25, 0.3) is 0 Å². The second-order valence-electron chi connectivity index (χ2n) is 8.46. The van der Waals surface area contributed by atoms with E-state index in [0.29, 0.717) is 43.5 Å². The van der Waals surface area contributed by atoms with Crippen molar-refractivity contribution in [3.05, 3.63) is 59.5 Å². The number of amides is 1. The number of aliphatic imine (C=N–C) groups is 1. The van der Waals surface area contributed by atoms with Crippen LogP contribution in [0.4, 0.5) is 0 Å². The standard InChI is InChI=1S/C24H34N4O4.HI/c1-5-25-23(27-16-24(4,30)21-7-6-12-31-21)26-13-19-8-10-20(11-9-19)22(29)28-14-17(2)32-18(3)15-28;/h6-12,17-18,30H,5,13-16H2,1-4H3,(H2,25,26,27);1H. The predicted octanol–water partition coefficient (Wildman–Crippen LogP) is 3.11.